The molecule has 4 heterocycles. The van der Waals surface area contributed by atoms with Crippen LogP contribution in [-0.2, 0) is 6.42 Å². The third-order valence-electron chi connectivity index (χ3n) is 10.8. The van der Waals surface area contributed by atoms with E-state index in [2.05, 4.69) is 158 Å². The van der Waals surface area contributed by atoms with E-state index < -0.39 is 0 Å². The van der Waals surface area contributed by atoms with Crippen LogP contribution in [0, 0.1) is 5.92 Å². The fourth-order valence-electron chi connectivity index (χ4n) is 8.07. The summed E-state index contributed by atoms with van der Waals surface area (Å²) >= 11 is 1.68. The fourth-order valence-corrected chi connectivity index (χ4v) is 8.78. The number of allylic oxidation sites excluding steroid dienone is 6. The number of rotatable bonds is 6. The summed E-state index contributed by atoms with van der Waals surface area (Å²) in [6.07, 6.45) is 11.7. The average Bonchev–Trinajstić information content (AvgIpc) is 3.79. The van der Waals surface area contributed by atoms with Crippen LogP contribution >= 0.6 is 11.8 Å². The Bertz CT molecular complexity index is 2950. The highest BCUT2D eigenvalue weighted by molar-refractivity contribution is 8.06. The van der Waals surface area contributed by atoms with Crippen LogP contribution in [0.15, 0.2) is 197 Å². The first-order chi connectivity index (χ1) is 28.1. The number of nitrogens with zero attached hydrogens (tertiary/aromatic N) is 4. The monoisotopic (exact) mass is 754 g/mol. The van der Waals surface area contributed by atoms with Gasteiger partial charge in [0.2, 0.25) is 0 Å². The smallest absolute Gasteiger partial charge is 0.163 e. The van der Waals surface area contributed by atoms with E-state index in [4.69, 9.17) is 19.4 Å². The van der Waals surface area contributed by atoms with Crippen molar-refractivity contribution >= 4 is 55.5 Å². The zero-order valence-corrected chi connectivity index (χ0v) is 32.2. The number of para-hydroxylation sites is 2. The highest BCUT2D eigenvalue weighted by atomic mass is 32.2. The molecule has 2 atom stereocenters. The molecule has 0 radical (unpaired) electrons. The molecule has 0 aliphatic carbocycles. The largest absolute Gasteiger partial charge is 0.456 e. The molecule has 0 spiro atoms. The molecule has 10 rings (SSSR count). The zero-order valence-electron chi connectivity index (χ0n) is 31.4. The average molecular weight is 755 g/mol. The van der Waals surface area contributed by atoms with E-state index in [1.807, 2.05) is 36.4 Å². The molecule has 0 saturated carbocycles. The number of hydrogen-bond acceptors (Lipinski definition) is 5. The molecule has 1 aliphatic rings. The summed E-state index contributed by atoms with van der Waals surface area (Å²) in [6.45, 7) is 6.47. The quantitative estimate of drug-likeness (QED) is 0.169. The highest BCUT2D eigenvalue weighted by Gasteiger charge is 2.25. The van der Waals surface area contributed by atoms with Crippen LogP contribution in [0.25, 0.3) is 72.2 Å². The molecule has 2 unspecified atom stereocenters. The van der Waals surface area contributed by atoms with Crippen molar-refractivity contribution in [3.05, 3.63) is 204 Å². The predicted molar refractivity (Wildman–Crippen MR) is 237 cm³/mol. The maximum atomic E-state index is 6.58. The fraction of sp³-hybridized carbons (Fsp3) is 0.0784. The highest BCUT2D eigenvalue weighted by Crippen LogP contribution is 2.38. The number of hydrogen-bond donors (Lipinski definition) is 0. The van der Waals surface area contributed by atoms with Gasteiger partial charge in [0.1, 0.15) is 17.0 Å². The minimum Gasteiger partial charge on any atom is -0.456 e. The van der Waals surface area contributed by atoms with E-state index >= 15 is 0 Å². The molecule has 274 valence electrons. The molecule has 0 fully saturated rings. The zero-order chi connectivity index (χ0) is 38.3. The summed E-state index contributed by atoms with van der Waals surface area (Å²) in [6, 6.07) is 50.7. The Morgan fingerprint density at radius 2 is 1.28 bits per heavy atom. The number of fused-ring (bicyclic) bond motifs is 6. The van der Waals surface area contributed by atoms with Crippen molar-refractivity contribution in [1.29, 1.82) is 0 Å². The number of thioether (sulfide) groups is 1. The van der Waals surface area contributed by atoms with E-state index in [9.17, 15) is 0 Å². The Morgan fingerprint density at radius 3 is 1.96 bits per heavy atom. The molecule has 0 bridgehead atoms. The topological polar surface area (TPSA) is 56.7 Å². The Labute approximate surface area is 335 Å². The van der Waals surface area contributed by atoms with Gasteiger partial charge in [-0.3, -0.25) is 0 Å². The first kappa shape index (κ1) is 34.7. The molecule has 0 N–H and O–H groups in total. The molecule has 1 aliphatic heterocycles. The van der Waals surface area contributed by atoms with Crippen molar-refractivity contribution in [2.75, 3.05) is 0 Å². The van der Waals surface area contributed by atoms with Crippen molar-refractivity contribution < 1.29 is 4.42 Å². The molecule has 5 nitrogen and oxygen atoms in total. The van der Waals surface area contributed by atoms with E-state index in [1.54, 1.807) is 11.8 Å². The predicted octanol–water partition coefficient (Wildman–Crippen LogP) is 13.4. The van der Waals surface area contributed by atoms with Gasteiger partial charge < -0.3 is 8.98 Å². The lowest BCUT2D eigenvalue weighted by Gasteiger charge is -2.23. The Morgan fingerprint density at radius 1 is 0.632 bits per heavy atom. The molecule has 6 aromatic carbocycles. The van der Waals surface area contributed by atoms with E-state index in [0.29, 0.717) is 11.6 Å². The van der Waals surface area contributed by atoms with Crippen molar-refractivity contribution in [2.45, 2.75) is 19.3 Å². The molecular formula is C51H38N4OS. The van der Waals surface area contributed by atoms with Crippen LogP contribution in [0.3, 0.4) is 0 Å². The van der Waals surface area contributed by atoms with E-state index in [-0.39, 0.29) is 11.8 Å². The van der Waals surface area contributed by atoms with Crippen molar-refractivity contribution in [1.82, 2.24) is 19.5 Å². The van der Waals surface area contributed by atoms with Gasteiger partial charge in [-0.1, -0.05) is 158 Å². The van der Waals surface area contributed by atoms with Crippen LogP contribution < -0.4 is 0 Å². The van der Waals surface area contributed by atoms with Crippen LogP contribution in [0.1, 0.15) is 24.2 Å². The summed E-state index contributed by atoms with van der Waals surface area (Å²) in [5.41, 5.74) is 8.29. The summed E-state index contributed by atoms with van der Waals surface area (Å²) in [7, 11) is 0. The maximum absolute atomic E-state index is 6.58. The van der Waals surface area contributed by atoms with Gasteiger partial charge in [0.15, 0.2) is 11.6 Å². The second-order valence-corrected chi connectivity index (χ2v) is 15.9. The minimum absolute atomic E-state index is 0.00351. The summed E-state index contributed by atoms with van der Waals surface area (Å²) < 4.78 is 8.94. The lowest BCUT2D eigenvalue weighted by atomic mass is 9.85. The minimum atomic E-state index is -0.158. The second kappa shape index (κ2) is 14.7. The lowest BCUT2D eigenvalue weighted by Crippen LogP contribution is -2.17. The normalized spacial score (nSPS) is 18.2. The third-order valence-corrected chi connectivity index (χ3v) is 11.6. The molecular weight excluding hydrogens is 717 g/mol. The van der Waals surface area contributed by atoms with Crippen molar-refractivity contribution in [3.63, 3.8) is 0 Å². The van der Waals surface area contributed by atoms with Gasteiger partial charge in [-0.15, -0.1) is 0 Å². The van der Waals surface area contributed by atoms with Gasteiger partial charge in [0, 0.05) is 49.2 Å². The van der Waals surface area contributed by atoms with Gasteiger partial charge in [0.05, 0.1) is 11.0 Å². The third kappa shape index (κ3) is 6.68. The first-order valence-electron chi connectivity index (χ1n) is 19.3. The van der Waals surface area contributed by atoms with Gasteiger partial charge in [-0.05, 0) is 66.1 Å². The van der Waals surface area contributed by atoms with Crippen LogP contribution in [0.5, 0.6) is 0 Å². The number of benzene rings is 6. The molecule has 0 saturated heterocycles. The second-order valence-electron chi connectivity index (χ2n) is 14.5. The Balaban J connectivity index is 1.06. The van der Waals surface area contributed by atoms with Crippen molar-refractivity contribution in [3.8, 4) is 28.5 Å². The lowest BCUT2D eigenvalue weighted by molar-refractivity contribution is 0.553. The summed E-state index contributed by atoms with van der Waals surface area (Å²) in [5.74, 6) is 1.88. The molecule has 0 amide bonds. The molecule has 57 heavy (non-hydrogen) atoms. The van der Waals surface area contributed by atoms with E-state index in [1.165, 1.54) is 32.3 Å². The first-order valence-corrected chi connectivity index (χ1v) is 20.1. The summed E-state index contributed by atoms with van der Waals surface area (Å²) in [5, 5.41) is 4.68. The van der Waals surface area contributed by atoms with Gasteiger partial charge in [-0.2, -0.15) is 0 Å². The van der Waals surface area contributed by atoms with Crippen LogP contribution in [-0.4, -0.2) is 19.5 Å². The molecule has 3 aromatic heterocycles. The summed E-state index contributed by atoms with van der Waals surface area (Å²) in [4.78, 5) is 17.5. The van der Waals surface area contributed by atoms with Crippen LogP contribution in [0.2, 0.25) is 0 Å². The SMILES string of the molecule is C=C1/C=C\C(Cc2ccc3c(c2)oc2ccc(-n4c5ccccc5c5ccccc54)cc23)C(c2nc(-c3ccccc3)nc(-c3ccccc3)n2)/C=C\C=C(/C)S1. The Kier molecular flexibility index (Phi) is 8.96. The van der Waals surface area contributed by atoms with Crippen LogP contribution in [0.4, 0.5) is 0 Å². The standard InChI is InChI=1S/C51H38N4OS/c1-33-14-13-21-40(51-53-49(36-15-5-3-6-16-36)52-50(54-51)37-17-7-4-8-18-37)38(26-24-34(2)57-33)30-35-25-28-43-44-32-39(27-29-47(44)56-48(43)31-35)55-45-22-11-9-19-41(45)42-20-10-12-23-46(42)55/h3-29,31-32,38,40H,2,30H2,1H3/b21-13-,26-24-,33-14+. The van der Waals surface area contributed by atoms with Gasteiger partial charge in [0.25, 0.3) is 0 Å². The van der Waals surface area contributed by atoms with Crippen molar-refractivity contribution in [2.24, 2.45) is 5.92 Å². The molecule has 6 heteroatoms. The maximum Gasteiger partial charge on any atom is 0.163 e. The number of furan rings is 1. The van der Waals surface area contributed by atoms with E-state index in [0.717, 1.165) is 55.9 Å². The number of aromatic nitrogens is 4. The molecule has 9 aromatic rings. The van der Waals surface area contributed by atoms with Gasteiger partial charge in [-0.25, -0.2) is 15.0 Å². The Hall–Kier alpha value is -6.76. The van der Waals surface area contributed by atoms with Gasteiger partial charge >= 0.3 is 0 Å².